The molecule has 3 rings (SSSR count). The number of phosphoric ester groups is 3. The Labute approximate surface area is 399 Å². The third-order valence-electron chi connectivity index (χ3n) is 10.5. The van der Waals surface area contributed by atoms with Gasteiger partial charge in [-0.05, 0) is 32.1 Å². The molecule has 0 aromatic carbocycles. The van der Waals surface area contributed by atoms with Gasteiger partial charge < -0.3 is 56.0 Å². The predicted molar refractivity (Wildman–Crippen MR) is 248 cm³/mol. The van der Waals surface area contributed by atoms with Crippen molar-refractivity contribution < 1.29 is 85.6 Å². The minimum atomic E-state index is -5.59. The van der Waals surface area contributed by atoms with Gasteiger partial charge in [-0.1, -0.05) is 89.6 Å². The number of ether oxygens (including phenoxy) is 1. The molecule has 1 fully saturated rings. The molecule has 2 amide bonds. The van der Waals surface area contributed by atoms with Gasteiger partial charge in [0.25, 0.3) is 0 Å². The fourth-order valence-corrected chi connectivity index (χ4v) is 10.3. The van der Waals surface area contributed by atoms with Crippen LogP contribution in [0.1, 0.15) is 117 Å². The summed E-state index contributed by atoms with van der Waals surface area (Å²) in [6.45, 7) is 2.60. The number of rotatable bonds is 34. The molecule has 0 bridgehead atoms. The molecular formula is C39H68N7O18P3S. The maximum Gasteiger partial charge on any atom is 0.481 e. The van der Waals surface area contributed by atoms with Crippen LogP contribution in [0.15, 0.2) is 24.8 Å². The summed E-state index contributed by atoms with van der Waals surface area (Å²) in [6.07, 6.45) is 9.95. The first-order valence-corrected chi connectivity index (χ1v) is 27.8. The molecule has 1 aliphatic rings. The zero-order valence-corrected chi connectivity index (χ0v) is 41.9. The van der Waals surface area contributed by atoms with Crippen molar-refractivity contribution in [2.75, 3.05) is 37.8 Å². The van der Waals surface area contributed by atoms with E-state index in [2.05, 4.69) is 53.5 Å². The van der Waals surface area contributed by atoms with Crippen LogP contribution in [0.5, 0.6) is 0 Å². The minimum Gasteiger partial charge on any atom is -0.393 e. The quantitative estimate of drug-likeness (QED) is 0.0271. The fraction of sp³-hybridized carbons (Fsp3) is 0.744. The third-order valence-corrected chi connectivity index (χ3v) is 14.5. The van der Waals surface area contributed by atoms with Crippen molar-refractivity contribution in [3.8, 4) is 0 Å². The normalized spacial score (nSPS) is 20.6. The summed E-state index contributed by atoms with van der Waals surface area (Å²) < 4.78 is 62.4. The zero-order valence-electron chi connectivity index (χ0n) is 38.4. The molecule has 3 heterocycles. The van der Waals surface area contributed by atoms with Gasteiger partial charge in [-0.15, -0.1) is 0 Å². The number of fused-ring (bicyclic) bond motifs is 1. The Balaban J connectivity index is 1.32. The highest BCUT2D eigenvalue weighted by Gasteiger charge is 2.50. The largest absolute Gasteiger partial charge is 0.481 e. The maximum absolute atomic E-state index is 12.7. The molecule has 25 nitrogen and oxygen atoms in total. The second-order valence-electron chi connectivity index (χ2n) is 16.8. The highest BCUT2D eigenvalue weighted by atomic mass is 32.2. The number of aliphatic hydroxyl groups excluding tert-OH is 3. The van der Waals surface area contributed by atoms with Gasteiger partial charge in [0.2, 0.25) is 11.8 Å². The van der Waals surface area contributed by atoms with Crippen LogP contribution in [-0.4, -0.2) is 134 Å². The predicted octanol–water partition coefficient (Wildman–Crippen LogP) is 3.67. The van der Waals surface area contributed by atoms with Gasteiger partial charge in [0.05, 0.1) is 25.6 Å². The highest BCUT2D eigenvalue weighted by molar-refractivity contribution is 8.13. The number of aliphatic hydroxyl groups is 3. The van der Waals surface area contributed by atoms with E-state index >= 15 is 0 Å². The van der Waals surface area contributed by atoms with Gasteiger partial charge in [0.1, 0.15) is 36.3 Å². The summed E-state index contributed by atoms with van der Waals surface area (Å²) in [7, 11) is -16.4. The molecule has 0 saturated carbocycles. The van der Waals surface area contributed by atoms with Crippen LogP contribution in [0.25, 0.3) is 11.2 Å². The number of hydrogen-bond donors (Lipinski definition) is 10. The van der Waals surface area contributed by atoms with Crippen LogP contribution in [0.3, 0.4) is 0 Å². The van der Waals surface area contributed by atoms with Crippen LogP contribution < -0.4 is 16.4 Å². The number of phosphoric acid groups is 3. The lowest BCUT2D eigenvalue weighted by molar-refractivity contribution is -0.137. The topological polar surface area (TPSA) is 384 Å². The number of amides is 2. The number of anilines is 1. The van der Waals surface area contributed by atoms with E-state index in [0.717, 1.165) is 61.1 Å². The number of thioether (sulfide) groups is 1. The molecule has 8 atom stereocenters. The van der Waals surface area contributed by atoms with Crippen molar-refractivity contribution in [3.63, 3.8) is 0 Å². The second-order valence-corrected chi connectivity index (χ2v) is 22.2. The Hall–Kier alpha value is -2.74. The Morgan fingerprint density at radius 2 is 1.57 bits per heavy atom. The van der Waals surface area contributed by atoms with Crippen molar-refractivity contribution in [2.24, 2.45) is 5.41 Å². The number of imidazole rings is 1. The van der Waals surface area contributed by atoms with Crippen molar-refractivity contribution in [2.45, 2.75) is 147 Å². The number of unbranched alkanes of at least 4 members (excludes halogenated alkanes) is 9. The molecule has 68 heavy (non-hydrogen) atoms. The van der Waals surface area contributed by atoms with Crippen molar-refractivity contribution >= 4 is 69.1 Å². The van der Waals surface area contributed by atoms with Gasteiger partial charge in [-0.3, -0.25) is 32.5 Å². The number of nitrogens with one attached hydrogen (secondary N) is 2. The van der Waals surface area contributed by atoms with E-state index in [-0.39, 0.29) is 53.8 Å². The first-order chi connectivity index (χ1) is 31.9. The van der Waals surface area contributed by atoms with Gasteiger partial charge in [0, 0.05) is 37.1 Å². The SMILES string of the molecule is CCCCCCCC/C=C\CCCCCC(O)CC(=O)SCCNC(=O)CCNC(=O)[C@H](O)C(C)(C)COP(=O)(O)OP(=O)(O)OC[C@H]1O[C@@H](n2cnc3c(N)ncnc32)[C@H](O)[C@@H]1OP(=O)(O)O. The van der Waals surface area contributed by atoms with E-state index in [0.29, 0.717) is 6.42 Å². The molecule has 11 N–H and O–H groups in total. The van der Waals surface area contributed by atoms with E-state index < -0.39 is 90.7 Å². The molecular weight excluding hydrogens is 979 g/mol. The minimum absolute atomic E-state index is 0.0126. The summed E-state index contributed by atoms with van der Waals surface area (Å²) in [6, 6.07) is 0. The molecule has 3 unspecified atom stereocenters. The van der Waals surface area contributed by atoms with E-state index in [1.165, 1.54) is 52.4 Å². The van der Waals surface area contributed by atoms with E-state index in [1.54, 1.807) is 0 Å². The number of allylic oxidation sites excluding steroid dienone is 2. The molecule has 0 radical (unpaired) electrons. The van der Waals surface area contributed by atoms with Gasteiger partial charge in [-0.25, -0.2) is 28.6 Å². The average molecular weight is 1050 g/mol. The highest BCUT2D eigenvalue weighted by Crippen LogP contribution is 2.61. The Kier molecular flexibility index (Phi) is 25.4. The standard InChI is InChI=1S/C39H68N7O18P3S/c1-4-5-6-7-8-9-10-11-12-13-14-15-16-17-27(47)22-30(49)68-21-20-41-29(48)18-19-42-37(52)34(51)39(2,3)24-61-67(58,59)64-66(56,57)60-23-28-33(63-65(53,54)55)32(50)38(62-28)46-26-45-31-35(40)43-25-44-36(31)46/h11-12,25-28,32-34,38,47,50-51H,4-10,13-24H2,1-3H3,(H,41,48)(H,42,52)(H,56,57)(H,58,59)(H2,40,43,44)(H2,53,54,55)/b12-11-/t27?,28-,32-,33-,34+,38-/m1/s1. The van der Waals surface area contributed by atoms with Crippen LogP contribution in [0, 0.1) is 5.41 Å². The number of carbonyl (C=O) groups excluding carboxylic acids is 3. The Morgan fingerprint density at radius 1 is 0.926 bits per heavy atom. The molecule has 2 aromatic heterocycles. The molecule has 1 saturated heterocycles. The average Bonchev–Trinajstić information content (AvgIpc) is 3.82. The maximum atomic E-state index is 12.7. The summed E-state index contributed by atoms with van der Waals surface area (Å²) in [4.78, 5) is 88.4. The van der Waals surface area contributed by atoms with Crippen molar-refractivity contribution in [1.82, 2.24) is 30.2 Å². The monoisotopic (exact) mass is 1050 g/mol. The van der Waals surface area contributed by atoms with E-state index in [4.69, 9.17) is 19.5 Å². The zero-order chi connectivity index (χ0) is 50.5. The number of hydrogen-bond acceptors (Lipinski definition) is 19. The summed E-state index contributed by atoms with van der Waals surface area (Å²) in [5.74, 6) is -1.23. The van der Waals surface area contributed by atoms with Crippen LogP contribution in [0.2, 0.25) is 0 Å². The summed E-state index contributed by atoms with van der Waals surface area (Å²) in [5, 5.41) is 36.6. The van der Waals surface area contributed by atoms with Crippen molar-refractivity contribution in [1.29, 1.82) is 0 Å². The molecule has 0 spiro atoms. The Morgan fingerprint density at radius 3 is 2.25 bits per heavy atom. The van der Waals surface area contributed by atoms with Crippen molar-refractivity contribution in [3.05, 3.63) is 24.8 Å². The van der Waals surface area contributed by atoms with Gasteiger partial charge in [0.15, 0.2) is 22.8 Å². The first-order valence-electron chi connectivity index (χ1n) is 22.3. The number of nitrogen functional groups attached to an aromatic ring is 1. The lowest BCUT2D eigenvalue weighted by Gasteiger charge is -2.30. The van der Waals surface area contributed by atoms with Gasteiger partial charge in [-0.2, -0.15) is 4.31 Å². The van der Waals surface area contributed by atoms with Gasteiger partial charge >= 0.3 is 23.5 Å². The summed E-state index contributed by atoms with van der Waals surface area (Å²) in [5.41, 5.74) is 4.25. The smallest absolute Gasteiger partial charge is 0.393 e. The number of nitrogens with two attached hydrogens (primary N) is 1. The summed E-state index contributed by atoms with van der Waals surface area (Å²) >= 11 is 0.991. The number of aromatic nitrogens is 4. The Bertz CT molecular complexity index is 2080. The number of carbonyl (C=O) groups is 3. The molecule has 388 valence electrons. The first kappa shape index (κ1) is 59.6. The second kappa shape index (κ2) is 28.9. The number of nitrogens with zero attached hydrogens (tertiary/aromatic N) is 4. The van der Waals surface area contributed by atoms with E-state index in [1.807, 2.05) is 0 Å². The lowest BCUT2D eigenvalue weighted by Crippen LogP contribution is -2.46. The van der Waals surface area contributed by atoms with E-state index in [9.17, 15) is 63.0 Å². The molecule has 1 aliphatic heterocycles. The molecule has 29 heteroatoms. The third kappa shape index (κ3) is 21.7. The lowest BCUT2D eigenvalue weighted by atomic mass is 9.87. The van der Waals surface area contributed by atoms with Crippen LogP contribution >= 0.6 is 35.2 Å². The fourth-order valence-electron chi connectivity index (χ4n) is 6.75. The van der Waals surface area contributed by atoms with Crippen LogP contribution in [0.4, 0.5) is 5.82 Å². The van der Waals surface area contributed by atoms with Crippen LogP contribution in [-0.2, 0) is 50.7 Å². The molecule has 2 aromatic rings. The molecule has 0 aliphatic carbocycles.